The number of imide groups is 1. The molecule has 2 aromatic carbocycles. The van der Waals surface area contributed by atoms with E-state index >= 15 is 0 Å². The molecule has 9 amide bonds. The third-order valence-electron chi connectivity index (χ3n) is 12.2. The second-order valence-corrected chi connectivity index (χ2v) is 18.1. The van der Waals surface area contributed by atoms with E-state index in [0.717, 1.165) is 10.9 Å². The van der Waals surface area contributed by atoms with Gasteiger partial charge in [0.15, 0.2) is 5.96 Å². The summed E-state index contributed by atoms with van der Waals surface area (Å²) in [6.45, 7) is 3.41. The number of amides is 9. The summed E-state index contributed by atoms with van der Waals surface area (Å²) in [5, 5.41) is 21.8. The van der Waals surface area contributed by atoms with Crippen LogP contribution in [0.25, 0.3) is 10.9 Å². The molecule has 0 spiro atoms. The molecule has 3 heterocycles. The molecule has 2 aromatic heterocycles. The minimum atomic E-state index is -1.75. The molecule has 24 heteroatoms. The number of aliphatic imine (C=N–C) groups is 1. The second-order valence-electron chi connectivity index (χ2n) is 18.1. The van der Waals surface area contributed by atoms with E-state index in [9.17, 15) is 43.2 Å². The van der Waals surface area contributed by atoms with Gasteiger partial charge in [0.05, 0.1) is 12.7 Å². The van der Waals surface area contributed by atoms with E-state index in [-0.39, 0.29) is 64.0 Å². The molecule has 1 saturated heterocycles. The Morgan fingerprint density at radius 1 is 0.716 bits per heavy atom. The van der Waals surface area contributed by atoms with E-state index in [1.165, 1.54) is 19.4 Å². The summed E-state index contributed by atoms with van der Waals surface area (Å²) < 4.78 is 0. The van der Waals surface area contributed by atoms with Crippen LogP contribution in [0.4, 0.5) is 0 Å². The van der Waals surface area contributed by atoms with Crippen molar-refractivity contribution in [1.82, 2.24) is 57.5 Å². The summed E-state index contributed by atoms with van der Waals surface area (Å²) in [6.07, 6.45) is 5.37. The van der Waals surface area contributed by atoms with Gasteiger partial charge in [-0.3, -0.25) is 53.5 Å². The van der Waals surface area contributed by atoms with Gasteiger partial charge in [0.1, 0.15) is 42.3 Å². The summed E-state index contributed by atoms with van der Waals surface area (Å²) >= 11 is 0. The molecule has 0 unspecified atom stereocenters. The Hall–Kier alpha value is -8.15. The third-order valence-corrected chi connectivity index (χ3v) is 12.2. The first kappa shape index (κ1) is 56.8. The number of rotatable bonds is 20. The van der Waals surface area contributed by atoms with Gasteiger partial charge in [-0.25, -0.2) is 4.98 Å². The molecule has 4 aromatic rings. The van der Waals surface area contributed by atoms with E-state index in [1.54, 1.807) is 42.6 Å². The fourth-order valence-electron chi connectivity index (χ4n) is 8.37. The largest absolute Gasteiger partial charge is 0.370 e. The van der Waals surface area contributed by atoms with Gasteiger partial charge < -0.3 is 64.4 Å². The Bertz CT molecular complexity index is 2580. The molecule has 16 N–H and O–H groups in total. The fraction of sp³-hybridized carbons (Fsp3) is 0.460. The van der Waals surface area contributed by atoms with Crippen molar-refractivity contribution >= 4 is 70.0 Å². The van der Waals surface area contributed by atoms with Crippen LogP contribution >= 0.6 is 0 Å². The topological polar surface area (TPSA) is 385 Å². The number of benzene rings is 2. The number of imidazole rings is 1. The van der Waals surface area contributed by atoms with Crippen molar-refractivity contribution in [1.29, 1.82) is 0 Å². The van der Waals surface area contributed by atoms with E-state index in [4.69, 9.17) is 17.2 Å². The number of carbonyl (C=O) groups excluding carboxylic acids is 9. The average molecular weight is 1020 g/mol. The summed E-state index contributed by atoms with van der Waals surface area (Å²) in [4.78, 5) is 141. The van der Waals surface area contributed by atoms with E-state index in [1.807, 2.05) is 25.1 Å². The minimum Gasteiger partial charge on any atom is -0.370 e. The molecule has 0 radical (unpaired) electrons. The standard InChI is InChI=1S/C50H69N15O9/c1-3-4-16-35(58-29(2)66)43(68)64-41-25-42(67)65-45(70)36(18-10-11-20-51)59-47(72)39(23-31-26-56-34-17-9-8-15-33(31)34)62-44(69)37(19-12-21-55-50(52)53)60-46(71)38(22-30-13-6-5-7-14-30)61-48(73)40(63-49(41)74)24-32-27-54-28-57-32/h5-9,13-15,17,26-28,35-41,56H,3-4,10-12,16,18-25,51H2,1-2H3,(H,54,57)(H,58,66)(H,59,72)(H,60,71)(H,61,73)(H,62,69)(H,63,74)(H,64,68)(H4,52,53,55)(H,65,67,70)/t35-,36-,37-,38+,39-,40-,41-/m0/s1. The summed E-state index contributed by atoms with van der Waals surface area (Å²) in [7, 11) is 0. The van der Waals surface area contributed by atoms with Crippen LogP contribution in [0, 0.1) is 0 Å². The predicted octanol–water partition coefficient (Wildman–Crippen LogP) is -1.25. The van der Waals surface area contributed by atoms with Crippen LogP contribution in [0.1, 0.15) is 88.5 Å². The average Bonchev–Trinajstić information content (AvgIpc) is 4.04. The third kappa shape index (κ3) is 17.9. The SMILES string of the molecule is CCCC[C@H](NC(C)=O)C(=O)N[C@H]1CC(=O)NC(=O)[C@H](CCCCN)NC(=O)[C@H](Cc2c[nH]c3ccccc23)NC(=O)[C@H](CCCN=C(N)N)NC(=O)[C@@H](Cc2ccccc2)NC(=O)[C@H](Cc2cnc[nH]2)NC1=O. The van der Waals surface area contributed by atoms with E-state index < -0.39 is 102 Å². The van der Waals surface area contributed by atoms with E-state index in [2.05, 4.69) is 62.5 Å². The van der Waals surface area contributed by atoms with Crippen molar-refractivity contribution in [2.45, 2.75) is 133 Å². The van der Waals surface area contributed by atoms with Gasteiger partial charge in [0.2, 0.25) is 53.2 Å². The number of hydrogen-bond acceptors (Lipinski definition) is 12. The molecule has 398 valence electrons. The van der Waals surface area contributed by atoms with Gasteiger partial charge in [-0.15, -0.1) is 0 Å². The fourth-order valence-corrected chi connectivity index (χ4v) is 8.37. The number of nitrogens with one attached hydrogen (secondary N) is 10. The number of fused-ring (bicyclic) bond motifs is 1. The maximum absolute atomic E-state index is 14.7. The predicted molar refractivity (Wildman–Crippen MR) is 274 cm³/mol. The Labute approximate surface area is 428 Å². The number of aromatic nitrogens is 3. The number of nitrogens with two attached hydrogens (primary N) is 3. The number of H-pyrrole nitrogens is 2. The lowest BCUT2D eigenvalue weighted by atomic mass is 10.0. The van der Waals surface area contributed by atoms with Crippen molar-refractivity contribution < 1.29 is 43.2 Å². The molecule has 5 rings (SSSR count). The Morgan fingerprint density at radius 3 is 1.97 bits per heavy atom. The first-order valence-corrected chi connectivity index (χ1v) is 24.8. The molecule has 7 atom stereocenters. The smallest absolute Gasteiger partial charge is 0.249 e. The van der Waals surface area contributed by atoms with Gasteiger partial charge in [0, 0.05) is 61.7 Å². The highest BCUT2D eigenvalue weighted by Crippen LogP contribution is 2.20. The molecular formula is C50H69N15O9. The van der Waals surface area contributed by atoms with Crippen LogP contribution in [0.5, 0.6) is 0 Å². The Balaban J connectivity index is 1.62. The lowest BCUT2D eigenvalue weighted by Gasteiger charge is -2.28. The van der Waals surface area contributed by atoms with Gasteiger partial charge >= 0.3 is 0 Å². The highest BCUT2D eigenvalue weighted by molar-refractivity contribution is 6.03. The van der Waals surface area contributed by atoms with Crippen LogP contribution in [-0.2, 0) is 62.4 Å². The van der Waals surface area contributed by atoms with Gasteiger partial charge in [-0.2, -0.15) is 0 Å². The monoisotopic (exact) mass is 1020 g/mol. The summed E-state index contributed by atoms with van der Waals surface area (Å²) in [6, 6.07) is 6.09. The molecule has 1 aliphatic heterocycles. The van der Waals surface area contributed by atoms with Crippen LogP contribution in [0.15, 0.2) is 78.3 Å². The van der Waals surface area contributed by atoms with Crippen LogP contribution < -0.4 is 59.7 Å². The first-order valence-electron chi connectivity index (χ1n) is 24.8. The highest BCUT2D eigenvalue weighted by Gasteiger charge is 2.36. The lowest BCUT2D eigenvalue weighted by molar-refractivity contribution is -0.138. The number of para-hydroxylation sites is 1. The van der Waals surface area contributed by atoms with Gasteiger partial charge in [0.25, 0.3) is 0 Å². The van der Waals surface area contributed by atoms with Crippen LogP contribution in [0.2, 0.25) is 0 Å². The lowest BCUT2D eigenvalue weighted by Crippen LogP contribution is -2.61. The first-order chi connectivity index (χ1) is 35.5. The Morgan fingerprint density at radius 2 is 1.32 bits per heavy atom. The zero-order valence-corrected chi connectivity index (χ0v) is 41.7. The van der Waals surface area contributed by atoms with Crippen molar-refractivity contribution in [2.24, 2.45) is 22.2 Å². The molecule has 1 aliphatic rings. The number of nitrogens with zero attached hydrogens (tertiary/aromatic N) is 2. The maximum atomic E-state index is 14.7. The van der Waals surface area contributed by atoms with E-state index in [0.29, 0.717) is 42.5 Å². The van der Waals surface area contributed by atoms with Crippen LogP contribution in [-0.4, -0.2) is 129 Å². The summed E-state index contributed by atoms with van der Waals surface area (Å²) in [5.41, 5.74) is 19.3. The van der Waals surface area contributed by atoms with Crippen molar-refractivity contribution in [2.75, 3.05) is 13.1 Å². The van der Waals surface area contributed by atoms with Crippen molar-refractivity contribution in [3.05, 3.63) is 90.1 Å². The number of carbonyl (C=O) groups is 9. The van der Waals surface area contributed by atoms with Crippen molar-refractivity contribution in [3.63, 3.8) is 0 Å². The molecule has 74 heavy (non-hydrogen) atoms. The molecule has 24 nitrogen and oxygen atoms in total. The van der Waals surface area contributed by atoms with Gasteiger partial charge in [-0.1, -0.05) is 68.3 Å². The zero-order chi connectivity index (χ0) is 53.6. The van der Waals surface area contributed by atoms with Crippen LogP contribution in [0.3, 0.4) is 0 Å². The molecule has 1 fully saturated rings. The normalized spacial score (nSPS) is 20.9. The maximum Gasteiger partial charge on any atom is 0.249 e. The molecular weight excluding hydrogens is 955 g/mol. The zero-order valence-electron chi connectivity index (χ0n) is 41.7. The van der Waals surface area contributed by atoms with Crippen molar-refractivity contribution in [3.8, 4) is 0 Å². The number of unbranched alkanes of at least 4 members (excludes halogenated alkanes) is 2. The molecule has 0 saturated carbocycles. The number of aromatic amines is 2. The highest BCUT2D eigenvalue weighted by atomic mass is 16.2. The summed E-state index contributed by atoms with van der Waals surface area (Å²) in [5.74, 6) is -7.92. The molecule has 0 bridgehead atoms. The second kappa shape index (κ2) is 28.8. The quantitative estimate of drug-likeness (QED) is 0.0213. The Kier molecular flexibility index (Phi) is 22.1. The number of hydrogen-bond donors (Lipinski definition) is 13. The minimum absolute atomic E-state index is 0.0110. The number of guanidine groups is 1. The van der Waals surface area contributed by atoms with Gasteiger partial charge in [-0.05, 0) is 62.3 Å². The molecule has 0 aliphatic carbocycles.